The minimum atomic E-state index is -0.0737. The molecule has 3 N–H and O–H groups in total. The number of rotatable bonds is 3. The fraction of sp³-hybridized carbons (Fsp3) is 0.917. The van der Waals surface area contributed by atoms with Gasteiger partial charge in [-0.3, -0.25) is 4.79 Å². The number of carbonyl (C=O) groups is 1. The summed E-state index contributed by atoms with van der Waals surface area (Å²) < 4.78 is 0. The van der Waals surface area contributed by atoms with Crippen LogP contribution >= 0.6 is 12.4 Å². The molecule has 0 heterocycles. The minimum Gasteiger partial charge on any atom is -0.349 e. The summed E-state index contributed by atoms with van der Waals surface area (Å²) in [5.41, 5.74) is 5.94. The standard InChI is InChI=1S/C12H22N2O.ClH/c1-11(2)7-9(11)10(15)14-12(8-13)5-3-4-6-12;/h9H,3-8,13H2,1-2H3,(H,14,15);1H. The normalized spacial score (nSPS) is 29.3. The monoisotopic (exact) mass is 246 g/mol. The highest BCUT2D eigenvalue weighted by Crippen LogP contribution is 2.52. The summed E-state index contributed by atoms with van der Waals surface area (Å²) in [5.74, 6) is 0.453. The molecule has 0 bridgehead atoms. The van der Waals surface area contributed by atoms with E-state index >= 15 is 0 Å². The molecule has 1 amide bonds. The first-order valence-corrected chi connectivity index (χ1v) is 6.01. The van der Waals surface area contributed by atoms with Crippen molar-refractivity contribution in [2.75, 3.05) is 6.54 Å². The molecular weight excluding hydrogens is 224 g/mol. The summed E-state index contributed by atoms with van der Waals surface area (Å²) in [6, 6.07) is 0. The van der Waals surface area contributed by atoms with Crippen LogP contribution in [0.1, 0.15) is 46.0 Å². The Morgan fingerprint density at radius 1 is 1.38 bits per heavy atom. The van der Waals surface area contributed by atoms with Crippen molar-refractivity contribution < 1.29 is 4.79 Å². The van der Waals surface area contributed by atoms with Crippen molar-refractivity contribution in [2.45, 2.75) is 51.5 Å². The van der Waals surface area contributed by atoms with E-state index in [-0.39, 0.29) is 35.2 Å². The van der Waals surface area contributed by atoms with Crippen LogP contribution in [-0.4, -0.2) is 18.0 Å². The number of nitrogens with one attached hydrogen (secondary N) is 1. The van der Waals surface area contributed by atoms with Gasteiger partial charge in [-0.25, -0.2) is 0 Å². The third kappa shape index (κ3) is 2.51. The Morgan fingerprint density at radius 2 is 1.88 bits per heavy atom. The molecule has 1 atom stereocenters. The van der Waals surface area contributed by atoms with Gasteiger partial charge in [0.05, 0.1) is 5.54 Å². The van der Waals surface area contributed by atoms with Crippen LogP contribution in [0.5, 0.6) is 0 Å². The molecule has 0 aromatic rings. The van der Waals surface area contributed by atoms with Gasteiger partial charge in [-0.15, -0.1) is 12.4 Å². The predicted molar refractivity (Wildman–Crippen MR) is 67.5 cm³/mol. The Bertz CT molecular complexity index is 272. The molecule has 2 rings (SSSR count). The largest absolute Gasteiger partial charge is 0.349 e. The Morgan fingerprint density at radius 3 is 2.25 bits per heavy atom. The number of amides is 1. The highest BCUT2D eigenvalue weighted by molar-refractivity contribution is 5.85. The van der Waals surface area contributed by atoms with Crippen molar-refractivity contribution in [2.24, 2.45) is 17.1 Å². The average molecular weight is 247 g/mol. The van der Waals surface area contributed by atoms with Gasteiger partial charge >= 0.3 is 0 Å². The quantitative estimate of drug-likeness (QED) is 0.799. The summed E-state index contributed by atoms with van der Waals surface area (Å²) in [5, 5.41) is 3.20. The van der Waals surface area contributed by atoms with Crippen LogP contribution in [0.3, 0.4) is 0 Å². The van der Waals surface area contributed by atoms with Crippen LogP contribution in [0.15, 0.2) is 0 Å². The van der Waals surface area contributed by atoms with E-state index < -0.39 is 0 Å². The van der Waals surface area contributed by atoms with E-state index in [0.717, 1.165) is 19.3 Å². The minimum absolute atomic E-state index is 0. The van der Waals surface area contributed by atoms with Crippen molar-refractivity contribution in [3.8, 4) is 0 Å². The van der Waals surface area contributed by atoms with Gasteiger partial charge in [-0.2, -0.15) is 0 Å². The molecule has 0 radical (unpaired) electrons. The van der Waals surface area contributed by atoms with Gasteiger partial charge in [0.2, 0.25) is 5.91 Å². The smallest absolute Gasteiger partial charge is 0.224 e. The number of carbonyl (C=O) groups excluding carboxylic acids is 1. The van der Waals surface area contributed by atoms with Gasteiger partial charge in [0.25, 0.3) is 0 Å². The van der Waals surface area contributed by atoms with Crippen LogP contribution in [0.2, 0.25) is 0 Å². The second-order valence-electron chi connectivity index (χ2n) is 5.93. The van der Waals surface area contributed by atoms with E-state index in [1.54, 1.807) is 0 Å². The van der Waals surface area contributed by atoms with Crippen LogP contribution < -0.4 is 11.1 Å². The highest BCUT2D eigenvalue weighted by atomic mass is 35.5. The molecule has 4 heteroatoms. The van der Waals surface area contributed by atoms with Gasteiger partial charge in [-0.1, -0.05) is 26.7 Å². The lowest BCUT2D eigenvalue weighted by Gasteiger charge is -2.29. The number of nitrogens with two attached hydrogens (primary N) is 1. The number of hydrogen-bond donors (Lipinski definition) is 2. The van der Waals surface area contributed by atoms with E-state index in [0.29, 0.717) is 6.54 Å². The molecule has 1 unspecified atom stereocenters. The highest BCUT2D eigenvalue weighted by Gasteiger charge is 2.52. The van der Waals surface area contributed by atoms with Gasteiger partial charge in [-0.05, 0) is 24.7 Å². The molecule has 94 valence electrons. The summed E-state index contributed by atoms with van der Waals surface area (Å²) in [4.78, 5) is 12.0. The lowest BCUT2D eigenvalue weighted by atomic mass is 9.97. The summed E-state index contributed by atoms with van der Waals surface area (Å²) in [6.07, 6.45) is 5.54. The van der Waals surface area contributed by atoms with Crippen LogP contribution in [0, 0.1) is 11.3 Å². The van der Waals surface area contributed by atoms with E-state index in [1.807, 2.05) is 0 Å². The lowest BCUT2D eigenvalue weighted by molar-refractivity contribution is -0.124. The van der Waals surface area contributed by atoms with Gasteiger partial charge in [0, 0.05) is 12.5 Å². The Labute approximate surface area is 104 Å². The predicted octanol–water partition coefficient (Wildman–Crippen LogP) is 1.84. The van der Waals surface area contributed by atoms with Gasteiger partial charge in [0.15, 0.2) is 0 Å². The first-order valence-electron chi connectivity index (χ1n) is 6.01. The van der Waals surface area contributed by atoms with Crippen LogP contribution in [-0.2, 0) is 4.79 Å². The fourth-order valence-corrected chi connectivity index (χ4v) is 2.70. The zero-order chi connectivity index (χ0) is 11.1. The molecule has 0 saturated heterocycles. The molecule has 0 aromatic carbocycles. The van der Waals surface area contributed by atoms with E-state index in [9.17, 15) is 4.79 Å². The molecule has 2 aliphatic carbocycles. The first kappa shape index (κ1) is 13.8. The molecular formula is C12H23ClN2O. The second kappa shape index (κ2) is 4.53. The second-order valence-corrected chi connectivity index (χ2v) is 5.93. The van der Waals surface area contributed by atoms with Gasteiger partial charge in [0.1, 0.15) is 0 Å². The third-order valence-electron chi connectivity index (χ3n) is 4.17. The molecule has 0 aromatic heterocycles. The molecule has 2 saturated carbocycles. The topological polar surface area (TPSA) is 55.1 Å². The molecule has 3 nitrogen and oxygen atoms in total. The van der Waals surface area contributed by atoms with E-state index in [1.165, 1.54) is 12.8 Å². The zero-order valence-electron chi connectivity index (χ0n) is 10.2. The van der Waals surface area contributed by atoms with E-state index in [4.69, 9.17) is 5.73 Å². The van der Waals surface area contributed by atoms with Crippen LogP contribution in [0.4, 0.5) is 0 Å². The molecule has 16 heavy (non-hydrogen) atoms. The molecule has 2 aliphatic rings. The maximum atomic E-state index is 12.0. The lowest BCUT2D eigenvalue weighted by Crippen LogP contribution is -2.52. The third-order valence-corrected chi connectivity index (χ3v) is 4.17. The van der Waals surface area contributed by atoms with Crippen molar-refractivity contribution in [3.63, 3.8) is 0 Å². The van der Waals surface area contributed by atoms with Crippen molar-refractivity contribution in [1.82, 2.24) is 5.32 Å². The molecule has 2 fully saturated rings. The number of halogens is 1. The van der Waals surface area contributed by atoms with Crippen LogP contribution in [0.25, 0.3) is 0 Å². The summed E-state index contributed by atoms with van der Waals surface area (Å²) in [6.45, 7) is 4.90. The first-order chi connectivity index (χ1) is 6.99. The molecule has 0 spiro atoms. The zero-order valence-corrected chi connectivity index (χ0v) is 11.0. The van der Waals surface area contributed by atoms with Crippen molar-refractivity contribution in [1.29, 1.82) is 0 Å². The Hall–Kier alpha value is -0.280. The summed E-state index contributed by atoms with van der Waals surface area (Å²) in [7, 11) is 0. The van der Waals surface area contributed by atoms with Gasteiger partial charge < -0.3 is 11.1 Å². The summed E-state index contributed by atoms with van der Waals surface area (Å²) >= 11 is 0. The number of hydrogen-bond acceptors (Lipinski definition) is 2. The Balaban J connectivity index is 0.00000128. The SMILES string of the molecule is CC1(C)CC1C(=O)NC1(CN)CCCC1.Cl. The maximum absolute atomic E-state index is 12.0. The fourth-order valence-electron chi connectivity index (χ4n) is 2.70. The Kier molecular flexibility index (Phi) is 3.91. The van der Waals surface area contributed by atoms with Crippen molar-refractivity contribution >= 4 is 18.3 Å². The van der Waals surface area contributed by atoms with E-state index in [2.05, 4.69) is 19.2 Å². The maximum Gasteiger partial charge on any atom is 0.224 e. The average Bonchev–Trinajstić information content (AvgIpc) is 2.64. The van der Waals surface area contributed by atoms with Crippen molar-refractivity contribution in [3.05, 3.63) is 0 Å². The molecule has 0 aliphatic heterocycles.